The van der Waals surface area contributed by atoms with Crippen molar-refractivity contribution < 1.29 is 19.1 Å². The summed E-state index contributed by atoms with van der Waals surface area (Å²) in [4.78, 5) is 0. The number of aliphatic hydroxyl groups excluding tert-OH is 1. The molecule has 1 aliphatic rings. The third-order valence-corrected chi connectivity index (χ3v) is 6.12. The van der Waals surface area contributed by atoms with Crippen LogP contribution in [0.25, 0.3) is 11.1 Å². The summed E-state index contributed by atoms with van der Waals surface area (Å²) in [6.45, 7) is 7.86. The highest BCUT2D eigenvalue weighted by molar-refractivity contribution is 5.63. The van der Waals surface area contributed by atoms with E-state index in [1.54, 1.807) is 0 Å². The van der Waals surface area contributed by atoms with E-state index in [-0.39, 0.29) is 18.8 Å². The molecule has 0 saturated carbocycles. The third kappa shape index (κ3) is 5.98. The maximum Gasteiger partial charge on any atom is 0.137 e. The average molecular weight is 433 g/mol. The van der Waals surface area contributed by atoms with Crippen LogP contribution < -0.4 is 4.74 Å². The Hall–Kier alpha value is -2.66. The second-order valence-electron chi connectivity index (χ2n) is 9.15. The molecule has 0 bridgehead atoms. The van der Waals surface area contributed by atoms with E-state index in [1.165, 1.54) is 11.1 Å². The summed E-state index contributed by atoms with van der Waals surface area (Å²) >= 11 is 0. The van der Waals surface area contributed by atoms with Gasteiger partial charge in [0.05, 0.1) is 0 Å². The molecule has 0 radical (unpaired) electrons. The molecule has 0 spiro atoms. The fourth-order valence-corrected chi connectivity index (χ4v) is 5.03. The lowest BCUT2D eigenvalue weighted by molar-refractivity contribution is -0.956. The van der Waals surface area contributed by atoms with Crippen molar-refractivity contribution in [3.8, 4) is 16.9 Å². The second-order valence-corrected chi connectivity index (χ2v) is 9.15. The van der Waals surface area contributed by atoms with Gasteiger partial charge in [0.2, 0.25) is 0 Å². The molecule has 32 heavy (non-hydrogen) atoms. The van der Waals surface area contributed by atoms with Gasteiger partial charge >= 0.3 is 0 Å². The van der Waals surface area contributed by atoms with Crippen LogP contribution in [0.5, 0.6) is 5.75 Å². The molecule has 1 N–H and O–H groups in total. The summed E-state index contributed by atoms with van der Waals surface area (Å²) in [5.41, 5.74) is 3.63. The van der Waals surface area contributed by atoms with Crippen LogP contribution in [-0.2, 0) is 11.3 Å². The van der Waals surface area contributed by atoms with Gasteiger partial charge < -0.3 is 19.1 Å². The quantitative estimate of drug-likeness (QED) is 0.514. The summed E-state index contributed by atoms with van der Waals surface area (Å²) in [7, 11) is 0. The molecule has 4 rings (SSSR count). The number of hydrogen-bond acceptors (Lipinski definition) is 3. The molecule has 4 nitrogen and oxygen atoms in total. The van der Waals surface area contributed by atoms with Gasteiger partial charge in [0.25, 0.3) is 0 Å². The van der Waals surface area contributed by atoms with Crippen LogP contribution in [0.1, 0.15) is 19.4 Å². The maximum atomic E-state index is 10.9. The first-order valence-corrected chi connectivity index (χ1v) is 11.5. The molecule has 0 aliphatic carbocycles. The predicted molar refractivity (Wildman–Crippen MR) is 128 cm³/mol. The van der Waals surface area contributed by atoms with Crippen molar-refractivity contribution >= 4 is 0 Å². The normalized spacial score (nSPS) is 24.1. The predicted octanol–water partition coefficient (Wildman–Crippen LogP) is 4.92. The van der Waals surface area contributed by atoms with E-state index in [9.17, 15) is 5.11 Å². The highest BCUT2D eigenvalue weighted by Gasteiger charge is 2.39. The number of benzene rings is 3. The monoisotopic (exact) mass is 432 g/mol. The van der Waals surface area contributed by atoms with Crippen LogP contribution in [0.15, 0.2) is 84.9 Å². The molecule has 1 heterocycles. The lowest BCUT2D eigenvalue weighted by Gasteiger charge is -2.47. The van der Waals surface area contributed by atoms with Crippen LogP contribution in [0, 0.1) is 0 Å². The highest BCUT2D eigenvalue weighted by atomic mass is 16.5. The van der Waals surface area contributed by atoms with Gasteiger partial charge in [-0.05, 0) is 37.1 Å². The molecule has 1 fully saturated rings. The van der Waals surface area contributed by atoms with Gasteiger partial charge in [-0.25, -0.2) is 0 Å². The summed E-state index contributed by atoms with van der Waals surface area (Å²) in [5.74, 6) is 0.780. The summed E-state index contributed by atoms with van der Waals surface area (Å²) in [5, 5.41) is 10.9. The largest absolute Gasteiger partial charge is 0.491 e. The number of aliphatic hydroxyl groups is 1. The molecular formula is C28H34NO3+. The Labute approximate surface area is 191 Å². The van der Waals surface area contributed by atoms with E-state index in [0.717, 1.165) is 35.4 Å². The zero-order valence-electron chi connectivity index (χ0n) is 19.1. The topological polar surface area (TPSA) is 38.7 Å². The number of nitrogens with zero attached hydrogens (tertiary/aromatic N) is 1. The van der Waals surface area contributed by atoms with Gasteiger partial charge in [0, 0.05) is 5.56 Å². The Balaban J connectivity index is 1.39. The number of rotatable bonds is 8. The van der Waals surface area contributed by atoms with Gasteiger partial charge in [0.1, 0.15) is 56.8 Å². The Bertz CT molecular complexity index is 949. The first kappa shape index (κ1) is 22.5. The first-order valence-electron chi connectivity index (χ1n) is 11.5. The maximum absolute atomic E-state index is 10.9. The minimum atomic E-state index is -0.551. The SMILES string of the molecule is C[C@@H]1C[N+](Cc2ccccc2)(C[C@H](O)COc2ccc(-c3ccccc3)cc2)C[C@H](C)O1. The first-order chi connectivity index (χ1) is 15.5. The Morgan fingerprint density at radius 3 is 2.03 bits per heavy atom. The van der Waals surface area contributed by atoms with E-state index in [1.807, 2.05) is 36.4 Å². The van der Waals surface area contributed by atoms with E-state index < -0.39 is 6.10 Å². The fourth-order valence-electron chi connectivity index (χ4n) is 5.03. The van der Waals surface area contributed by atoms with E-state index >= 15 is 0 Å². The van der Waals surface area contributed by atoms with Crippen molar-refractivity contribution in [1.82, 2.24) is 0 Å². The Kier molecular flexibility index (Phi) is 7.26. The number of morpholine rings is 1. The molecule has 1 saturated heterocycles. The van der Waals surface area contributed by atoms with Crippen molar-refractivity contribution in [3.63, 3.8) is 0 Å². The van der Waals surface area contributed by atoms with Crippen molar-refractivity contribution in [2.24, 2.45) is 0 Å². The Morgan fingerprint density at radius 1 is 0.844 bits per heavy atom. The van der Waals surface area contributed by atoms with Gasteiger partial charge in [-0.1, -0.05) is 72.8 Å². The van der Waals surface area contributed by atoms with Gasteiger partial charge in [0.15, 0.2) is 0 Å². The minimum Gasteiger partial charge on any atom is -0.491 e. The molecule has 0 aromatic heterocycles. The van der Waals surface area contributed by atoms with Crippen LogP contribution in [0.3, 0.4) is 0 Å². The smallest absolute Gasteiger partial charge is 0.137 e. The fraction of sp³-hybridized carbons (Fsp3) is 0.357. The second kappa shape index (κ2) is 10.3. The molecule has 4 heteroatoms. The molecule has 1 unspecified atom stereocenters. The number of quaternary nitrogens is 1. The summed E-state index contributed by atoms with van der Waals surface area (Å²) < 4.78 is 12.8. The molecule has 3 aromatic carbocycles. The van der Waals surface area contributed by atoms with Gasteiger partial charge in [-0.3, -0.25) is 0 Å². The zero-order valence-corrected chi connectivity index (χ0v) is 19.1. The lowest BCUT2D eigenvalue weighted by Crippen LogP contribution is -2.62. The van der Waals surface area contributed by atoms with E-state index in [0.29, 0.717) is 6.54 Å². The van der Waals surface area contributed by atoms with Crippen LogP contribution in [0.2, 0.25) is 0 Å². The molecule has 168 valence electrons. The zero-order chi connectivity index (χ0) is 22.4. The van der Waals surface area contributed by atoms with Gasteiger partial charge in [-0.15, -0.1) is 0 Å². The van der Waals surface area contributed by atoms with Crippen molar-refractivity contribution in [1.29, 1.82) is 0 Å². The van der Waals surface area contributed by atoms with E-state index in [4.69, 9.17) is 9.47 Å². The van der Waals surface area contributed by atoms with Crippen molar-refractivity contribution in [2.45, 2.75) is 38.7 Å². The summed E-state index contributed by atoms with van der Waals surface area (Å²) in [6.07, 6.45) is -0.216. The number of hydrogen-bond donors (Lipinski definition) is 1. The molecule has 0 amide bonds. The summed E-state index contributed by atoms with van der Waals surface area (Å²) in [6, 6.07) is 28.9. The van der Waals surface area contributed by atoms with E-state index in [2.05, 4.69) is 62.4 Å². The molecule has 3 aromatic rings. The Morgan fingerprint density at radius 2 is 1.41 bits per heavy atom. The van der Waals surface area contributed by atoms with Gasteiger partial charge in [-0.2, -0.15) is 0 Å². The molecular weight excluding hydrogens is 398 g/mol. The minimum absolute atomic E-state index is 0.168. The van der Waals surface area contributed by atoms with Crippen molar-refractivity contribution in [3.05, 3.63) is 90.5 Å². The third-order valence-electron chi connectivity index (χ3n) is 6.12. The van der Waals surface area contributed by atoms with Crippen LogP contribution in [0.4, 0.5) is 0 Å². The lowest BCUT2D eigenvalue weighted by atomic mass is 10.1. The highest BCUT2D eigenvalue weighted by Crippen LogP contribution is 2.25. The standard InChI is InChI=1S/C28H34NO3/c1-22-17-29(18-23(2)32-22,19-24-9-5-3-6-10-24)20-27(30)21-31-28-15-13-26(14-16-28)25-11-7-4-8-12-25/h3-16,22-23,27,30H,17-21H2,1-2H3/q+1/t22-,23+,27-,29?/m0/s1. The van der Waals surface area contributed by atoms with Crippen LogP contribution in [-0.4, -0.2) is 54.1 Å². The molecule has 1 aliphatic heterocycles. The molecule has 4 atom stereocenters. The number of ether oxygens (including phenoxy) is 2. The van der Waals surface area contributed by atoms with Crippen molar-refractivity contribution in [2.75, 3.05) is 26.2 Å². The average Bonchev–Trinajstić information content (AvgIpc) is 2.78. The van der Waals surface area contributed by atoms with Crippen LogP contribution >= 0.6 is 0 Å².